The van der Waals surface area contributed by atoms with Gasteiger partial charge in [-0.25, -0.2) is 0 Å². The lowest BCUT2D eigenvalue weighted by molar-refractivity contribution is -0.149. The molecule has 2 rings (SSSR count). The van der Waals surface area contributed by atoms with Crippen molar-refractivity contribution >= 4 is 11.8 Å². The first kappa shape index (κ1) is 28.1. The quantitative estimate of drug-likeness (QED) is 0.177. The Labute approximate surface area is 206 Å². The highest BCUT2D eigenvalue weighted by Crippen LogP contribution is 2.37. The number of ketones is 1. The van der Waals surface area contributed by atoms with Crippen LogP contribution in [0.3, 0.4) is 0 Å². The number of likely N-dealkylation sites (tertiary alicyclic amines) is 1. The standard InChI is InChI=1S/C29H45NO4/c1-4-6-7-8-9-10-11-12-13-17-20-24(31)21-26-28(32)27(29(33)34-3)25(5-2)30(26)22-23-18-15-14-16-19-23/h14-16,18-19,21,25,27-28,32H,4-13,17,20,22H2,1-3H3/b26-21+/t25-,27-,28-/m0/s1. The summed E-state index contributed by atoms with van der Waals surface area (Å²) < 4.78 is 4.99. The maximum atomic E-state index is 12.8. The van der Waals surface area contributed by atoms with Gasteiger partial charge in [0.25, 0.3) is 0 Å². The van der Waals surface area contributed by atoms with E-state index in [9.17, 15) is 14.7 Å². The summed E-state index contributed by atoms with van der Waals surface area (Å²) in [5.41, 5.74) is 1.62. The number of unbranched alkanes of at least 4 members (excludes halogenated alkanes) is 9. The van der Waals surface area contributed by atoms with Crippen molar-refractivity contribution in [3.05, 3.63) is 47.7 Å². The maximum absolute atomic E-state index is 12.8. The van der Waals surface area contributed by atoms with Crippen molar-refractivity contribution in [2.45, 2.75) is 110 Å². The molecule has 0 aliphatic carbocycles. The molecule has 0 amide bonds. The number of carbonyl (C=O) groups excluding carboxylic acids is 2. The number of methoxy groups -OCH3 is 1. The zero-order valence-electron chi connectivity index (χ0n) is 21.5. The SMILES string of the molecule is CCCCCCCCCCCCC(=O)/C=C1\[C@H](O)[C@@H](C(=O)OC)[C@H](CC)N1Cc1ccccc1. The van der Waals surface area contributed by atoms with Crippen LogP contribution < -0.4 is 0 Å². The van der Waals surface area contributed by atoms with E-state index in [1.54, 1.807) is 6.08 Å². The van der Waals surface area contributed by atoms with Crippen LogP contribution in [0.25, 0.3) is 0 Å². The third kappa shape index (κ3) is 8.57. The Morgan fingerprint density at radius 1 is 0.941 bits per heavy atom. The Morgan fingerprint density at radius 3 is 2.09 bits per heavy atom. The summed E-state index contributed by atoms with van der Waals surface area (Å²) in [6.07, 6.45) is 14.0. The van der Waals surface area contributed by atoms with Crippen LogP contribution in [0.1, 0.15) is 96.5 Å². The van der Waals surface area contributed by atoms with Gasteiger partial charge < -0.3 is 14.7 Å². The minimum Gasteiger partial charge on any atom is -0.469 e. The molecule has 0 radical (unpaired) electrons. The third-order valence-corrected chi connectivity index (χ3v) is 6.96. The zero-order valence-corrected chi connectivity index (χ0v) is 21.5. The van der Waals surface area contributed by atoms with Crippen LogP contribution in [0.2, 0.25) is 0 Å². The Balaban J connectivity index is 1.94. The molecule has 1 N–H and O–H groups in total. The van der Waals surface area contributed by atoms with Gasteiger partial charge >= 0.3 is 5.97 Å². The topological polar surface area (TPSA) is 66.8 Å². The molecule has 1 aromatic rings. The number of benzene rings is 1. The molecule has 0 bridgehead atoms. The van der Waals surface area contributed by atoms with E-state index in [1.165, 1.54) is 58.5 Å². The number of hydrogen-bond donors (Lipinski definition) is 1. The average Bonchev–Trinajstić information content (AvgIpc) is 3.10. The van der Waals surface area contributed by atoms with Gasteiger partial charge in [-0.3, -0.25) is 9.59 Å². The lowest BCUT2D eigenvalue weighted by Gasteiger charge is -2.28. The Hall–Kier alpha value is -2.14. The van der Waals surface area contributed by atoms with E-state index in [0.29, 0.717) is 25.1 Å². The first-order valence-electron chi connectivity index (χ1n) is 13.3. The largest absolute Gasteiger partial charge is 0.469 e. The number of rotatable bonds is 16. The van der Waals surface area contributed by atoms with Gasteiger partial charge in [-0.05, 0) is 18.4 Å². The fraction of sp³-hybridized carbons (Fsp3) is 0.655. The molecule has 0 spiro atoms. The van der Waals surface area contributed by atoms with Crippen LogP contribution in [0.5, 0.6) is 0 Å². The fourth-order valence-corrected chi connectivity index (χ4v) is 5.03. The lowest BCUT2D eigenvalue weighted by Crippen LogP contribution is -2.36. The van der Waals surface area contributed by atoms with E-state index >= 15 is 0 Å². The molecular formula is C29H45NO4. The molecule has 1 heterocycles. The number of carbonyl (C=O) groups is 2. The van der Waals surface area contributed by atoms with Crippen molar-refractivity contribution in [3.63, 3.8) is 0 Å². The summed E-state index contributed by atoms with van der Waals surface area (Å²) in [6.45, 7) is 4.78. The summed E-state index contributed by atoms with van der Waals surface area (Å²) in [6, 6.07) is 9.74. The maximum Gasteiger partial charge on any atom is 0.313 e. The van der Waals surface area contributed by atoms with Crippen molar-refractivity contribution in [1.82, 2.24) is 4.90 Å². The number of ether oxygens (including phenoxy) is 1. The molecule has 1 aliphatic heterocycles. The van der Waals surface area contributed by atoms with Crippen molar-refractivity contribution in [1.29, 1.82) is 0 Å². The van der Waals surface area contributed by atoms with Crippen molar-refractivity contribution in [2.24, 2.45) is 5.92 Å². The summed E-state index contributed by atoms with van der Waals surface area (Å²) in [4.78, 5) is 27.3. The molecule has 1 saturated heterocycles. The number of esters is 1. The van der Waals surface area contributed by atoms with Crippen LogP contribution in [0.15, 0.2) is 42.1 Å². The molecule has 34 heavy (non-hydrogen) atoms. The van der Waals surface area contributed by atoms with Crippen molar-refractivity contribution in [2.75, 3.05) is 7.11 Å². The second-order valence-electron chi connectivity index (χ2n) is 9.55. The van der Waals surface area contributed by atoms with Crippen LogP contribution >= 0.6 is 0 Å². The number of nitrogens with zero attached hydrogens (tertiary/aromatic N) is 1. The minimum absolute atomic E-state index is 0.0204. The highest BCUT2D eigenvalue weighted by molar-refractivity contribution is 5.90. The molecule has 1 fully saturated rings. The second-order valence-corrected chi connectivity index (χ2v) is 9.55. The number of hydrogen-bond acceptors (Lipinski definition) is 5. The number of aliphatic hydroxyl groups excluding tert-OH is 1. The van der Waals surface area contributed by atoms with Crippen LogP contribution in [0, 0.1) is 5.92 Å². The Kier molecular flexibility index (Phi) is 13.0. The van der Waals surface area contributed by atoms with Crippen molar-refractivity contribution in [3.8, 4) is 0 Å². The monoisotopic (exact) mass is 471 g/mol. The molecule has 1 aliphatic rings. The summed E-state index contributed by atoms with van der Waals surface area (Å²) >= 11 is 0. The molecule has 5 heteroatoms. The Bertz CT molecular complexity index is 761. The Morgan fingerprint density at radius 2 is 1.53 bits per heavy atom. The van der Waals surface area contributed by atoms with Gasteiger partial charge in [-0.15, -0.1) is 0 Å². The van der Waals surface area contributed by atoms with Crippen LogP contribution in [-0.2, 0) is 20.9 Å². The van der Waals surface area contributed by atoms with Crippen LogP contribution in [0.4, 0.5) is 0 Å². The minimum atomic E-state index is -1.03. The predicted octanol–water partition coefficient (Wildman–Crippen LogP) is 6.19. The molecule has 3 atom stereocenters. The molecule has 0 saturated carbocycles. The predicted molar refractivity (Wildman–Crippen MR) is 137 cm³/mol. The van der Waals surface area contributed by atoms with E-state index in [1.807, 2.05) is 42.2 Å². The van der Waals surface area contributed by atoms with E-state index in [2.05, 4.69) is 6.92 Å². The lowest BCUT2D eigenvalue weighted by atomic mass is 9.95. The number of aliphatic hydroxyl groups is 1. The van der Waals surface area contributed by atoms with Gasteiger partial charge in [0.05, 0.1) is 7.11 Å². The third-order valence-electron chi connectivity index (χ3n) is 6.96. The summed E-state index contributed by atoms with van der Waals surface area (Å²) in [7, 11) is 1.35. The van der Waals surface area contributed by atoms with Gasteiger partial charge in [0.2, 0.25) is 0 Å². The zero-order chi connectivity index (χ0) is 24.8. The van der Waals surface area contributed by atoms with Crippen LogP contribution in [-0.4, -0.2) is 41.0 Å². The summed E-state index contributed by atoms with van der Waals surface area (Å²) in [5, 5.41) is 11.0. The number of allylic oxidation sites excluding steroid dienone is 1. The van der Waals surface area contributed by atoms with Gasteiger partial charge in [0.1, 0.15) is 12.0 Å². The first-order chi connectivity index (χ1) is 16.5. The molecular weight excluding hydrogens is 426 g/mol. The van der Waals surface area contributed by atoms with E-state index in [4.69, 9.17) is 4.74 Å². The fourth-order valence-electron chi connectivity index (χ4n) is 5.03. The average molecular weight is 472 g/mol. The summed E-state index contributed by atoms with van der Waals surface area (Å²) in [5.74, 6) is -1.09. The van der Waals surface area contributed by atoms with Gasteiger partial charge in [-0.2, -0.15) is 0 Å². The smallest absolute Gasteiger partial charge is 0.313 e. The molecule has 5 nitrogen and oxygen atoms in total. The van der Waals surface area contributed by atoms with Gasteiger partial charge in [0, 0.05) is 30.8 Å². The first-order valence-corrected chi connectivity index (χ1v) is 13.3. The van der Waals surface area contributed by atoms with Gasteiger partial charge in [0.15, 0.2) is 5.78 Å². The molecule has 1 aromatic carbocycles. The van der Waals surface area contributed by atoms with Gasteiger partial charge in [-0.1, -0.05) is 102 Å². The molecule has 0 unspecified atom stereocenters. The second kappa shape index (κ2) is 15.7. The molecule has 190 valence electrons. The normalized spacial score (nSPS) is 21.2. The van der Waals surface area contributed by atoms with E-state index < -0.39 is 18.0 Å². The van der Waals surface area contributed by atoms with Crippen molar-refractivity contribution < 1.29 is 19.4 Å². The highest BCUT2D eigenvalue weighted by Gasteiger charge is 2.48. The van der Waals surface area contributed by atoms with E-state index in [0.717, 1.165) is 18.4 Å². The highest BCUT2D eigenvalue weighted by atomic mass is 16.5. The molecule has 0 aromatic heterocycles. The van der Waals surface area contributed by atoms with E-state index in [-0.39, 0.29) is 11.8 Å².